The smallest absolute Gasteiger partial charge is 0.282 e. The lowest BCUT2D eigenvalue weighted by atomic mass is 10.2. The van der Waals surface area contributed by atoms with Crippen LogP contribution in [0.2, 0.25) is 0 Å². The Balaban J connectivity index is 1.79. The third kappa shape index (κ3) is 3.67. The molecule has 2 heterocycles. The van der Waals surface area contributed by atoms with E-state index in [-0.39, 0.29) is 11.2 Å². The van der Waals surface area contributed by atoms with E-state index in [4.69, 9.17) is 0 Å². The Morgan fingerprint density at radius 1 is 1.20 bits per heavy atom. The van der Waals surface area contributed by atoms with E-state index in [1.165, 1.54) is 16.8 Å². The fraction of sp³-hybridized carbons (Fsp3) is 0.0952. The number of halogens is 1. The second-order valence-electron chi connectivity index (χ2n) is 6.48. The number of rotatable bonds is 5. The van der Waals surface area contributed by atoms with Crippen LogP contribution in [0.25, 0.3) is 16.6 Å². The quantitative estimate of drug-likeness (QED) is 0.249. The zero-order valence-corrected chi connectivity index (χ0v) is 17.5. The van der Waals surface area contributed by atoms with Crippen LogP contribution in [-0.2, 0) is 6.42 Å². The van der Waals surface area contributed by atoms with Crippen molar-refractivity contribution in [3.63, 3.8) is 0 Å². The molecule has 0 aliphatic heterocycles. The predicted molar refractivity (Wildman–Crippen MR) is 118 cm³/mol. The maximum atomic E-state index is 13.0. The number of nitrogens with zero attached hydrogens (tertiary/aromatic N) is 5. The van der Waals surface area contributed by atoms with Crippen molar-refractivity contribution in [2.45, 2.75) is 13.3 Å². The highest BCUT2D eigenvalue weighted by Gasteiger charge is 2.11. The molecular weight excluding hydrogens is 450 g/mol. The van der Waals surface area contributed by atoms with Crippen molar-refractivity contribution in [1.29, 1.82) is 0 Å². The Bertz CT molecular complexity index is 1360. The van der Waals surface area contributed by atoms with Crippen LogP contribution in [0, 0.1) is 10.1 Å². The van der Waals surface area contributed by atoms with Crippen molar-refractivity contribution >= 4 is 38.7 Å². The van der Waals surface area contributed by atoms with E-state index >= 15 is 0 Å². The van der Waals surface area contributed by atoms with E-state index in [0.29, 0.717) is 34.5 Å². The van der Waals surface area contributed by atoms with Gasteiger partial charge in [-0.25, -0.2) is 4.98 Å². The molecule has 0 aliphatic rings. The first-order chi connectivity index (χ1) is 14.5. The van der Waals surface area contributed by atoms with Gasteiger partial charge < -0.3 is 4.57 Å². The van der Waals surface area contributed by atoms with Gasteiger partial charge in [0.25, 0.3) is 11.2 Å². The molecule has 8 nitrogen and oxygen atoms in total. The minimum atomic E-state index is -0.438. The normalized spacial score (nSPS) is 11.4. The molecule has 0 fully saturated rings. The van der Waals surface area contributed by atoms with E-state index in [2.05, 4.69) is 26.0 Å². The molecule has 0 amide bonds. The zero-order valence-electron chi connectivity index (χ0n) is 15.9. The average molecular weight is 466 g/mol. The van der Waals surface area contributed by atoms with Crippen molar-refractivity contribution in [2.24, 2.45) is 5.10 Å². The van der Waals surface area contributed by atoms with Gasteiger partial charge in [0.15, 0.2) is 0 Å². The number of benzene rings is 2. The van der Waals surface area contributed by atoms with E-state index in [0.717, 1.165) is 4.47 Å². The summed E-state index contributed by atoms with van der Waals surface area (Å²) < 4.78 is 3.84. The molecule has 150 valence electrons. The molecule has 0 spiro atoms. The third-order valence-electron chi connectivity index (χ3n) is 4.60. The Hall–Kier alpha value is -3.59. The highest BCUT2D eigenvalue weighted by Crippen LogP contribution is 2.19. The van der Waals surface area contributed by atoms with Gasteiger partial charge in [-0.15, -0.1) is 0 Å². The Morgan fingerprint density at radius 2 is 2.03 bits per heavy atom. The molecule has 0 atom stereocenters. The van der Waals surface area contributed by atoms with Gasteiger partial charge in [0, 0.05) is 29.2 Å². The summed E-state index contributed by atoms with van der Waals surface area (Å²) in [5, 5.41) is 15.9. The lowest BCUT2D eigenvalue weighted by Gasteiger charge is -2.09. The first-order valence-electron chi connectivity index (χ1n) is 9.15. The molecule has 9 heteroatoms. The summed E-state index contributed by atoms with van der Waals surface area (Å²) in [6.45, 7) is 1.91. The summed E-state index contributed by atoms with van der Waals surface area (Å²) in [5.74, 6) is 0.541. The van der Waals surface area contributed by atoms with Crippen LogP contribution in [0.5, 0.6) is 0 Å². The van der Waals surface area contributed by atoms with Gasteiger partial charge in [0.1, 0.15) is 5.82 Å². The van der Waals surface area contributed by atoms with Gasteiger partial charge >= 0.3 is 0 Å². The van der Waals surface area contributed by atoms with Gasteiger partial charge in [0.2, 0.25) is 0 Å². The number of nitro groups is 1. The molecule has 0 saturated heterocycles. The van der Waals surface area contributed by atoms with Crippen LogP contribution >= 0.6 is 15.9 Å². The second-order valence-corrected chi connectivity index (χ2v) is 7.40. The number of aromatic nitrogens is 3. The van der Waals surface area contributed by atoms with Crippen LogP contribution in [0.4, 0.5) is 5.69 Å². The topological polar surface area (TPSA) is 95.3 Å². The molecule has 0 bridgehead atoms. The summed E-state index contributed by atoms with van der Waals surface area (Å²) in [6, 6.07) is 15.3. The standard InChI is InChI=1S/C21H16BrN5O3/c1-2-20-24-19-9-8-14(22)11-18(19)21(28)26(20)23-13-17-7-4-10-25(17)15-5-3-6-16(12-15)27(29)30/h3-13H,2H2,1H3. The first-order valence-corrected chi connectivity index (χ1v) is 9.95. The highest BCUT2D eigenvalue weighted by molar-refractivity contribution is 9.10. The number of aryl methyl sites for hydroxylation is 1. The number of nitro benzene ring substituents is 1. The van der Waals surface area contributed by atoms with Crippen LogP contribution in [0.1, 0.15) is 18.4 Å². The average Bonchev–Trinajstić information content (AvgIpc) is 3.22. The summed E-state index contributed by atoms with van der Waals surface area (Å²) in [4.78, 5) is 28.2. The molecule has 0 N–H and O–H groups in total. The largest absolute Gasteiger partial charge is 0.315 e. The van der Waals surface area contributed by atoms with E-state index in [1.807, 2.05) is 19.1 Å². The predicted octanol–water partition coefficient (Wildman–Crippen LogP) is 4.30. The molecule has 0 radical (unpaired) electrons. The van der Waals surface area contributed by atoms with E-state index < -0.39 is 4.92 Å². The van der Waals surface area contributed by atoms with Crippen LogP contribution < -0.4 is 5.56 Å². The zero-order chi connectivity index (χ0) is 21.3. The van der Waals surface area contributed by atoms with Crippen molar-refractivity contribution in [1.82, 2.24) is 14.2 Å². The van der Waals surface area contributed by atoms with Crippen molar-refractivity contribution in [3.05, 3.63) is 97.3 Å². The first kappa shape index (κ1) is 19.7. The number of hydrogen-bond donors (Lipinski definition) is 0. The number of non-ortho nitro benzene ring substituents is 1. The summed E-state index contributed by atoms with van der Waals surface area (Å²) in [5.41, 5.74) is 1.64. The number of fused-ring (bicyclic) bond motifs is 1. The molecule has 4 aromatic rings. The maximum absolute atomic E-state index is 13.0. The minimum Gasteiger partial charge on any atom is -0.315 e. The highest BCUT2D eigenvalue weighted by atomic mass is 79.9. The van der Waals surface area contributed by atoms with Gasteiger partial charge in [-0.05, 0) is 36.4 Å². The molecule has 30 heavy (non-hydrogen) atoms. The van der Waals surface area contributed by atoms with Crippen LogP contribution in [-0.4, -0.2) is 25.4 Å². The van der Waals surface area contributed by atoms with Crippen LogP contribution in [0.3, 0.4) is 0 Å². The molecule has 2 aromatic carbocycles. The summed E-state index contributed by atoms with van der Waals surface area (Å²) in [6.07, 6.45) is 3.86. The Labute approximate surface area is 179 Å². The lowest BCUT2D eigenvalue weighted by molar-refractivity contribution is -0.384. The number of hydrogen-bond acceptors (Lipinski definition) is 5. The van der Waals surface area contributed by atoms with E-state index in [1.54, 1.807) is 47.3 Å². The second kappa shape index (κ2) is 8.03. The Morgan fingerprint density at radius 3 is 2.80 bits per heavy atom. The fourth-order valence-corrected chi connectivity index (χ4v) is 3.51. The molecular formula is C21H16BrN5O3. The molecule has 4 rings (SSSR count). The monoisotopic (exact) mass is 465 g/mol. The molecule has 0 aliphatic carbocycles. The third-order valence-corrected chi connectivity index (χ3v) is 5.09. The lowest BCUT2D eigenvalue weighted by Crippen LogP contribution is -2.22. The Kier molecular flexibility index (Phi) is 5.28. The fourth-order valence-electron chi connectivity index (χ4n) is 3.15. The molecule has 2 aromatic heterocycles. The van der Waals surface area contributed by atoms with E-state index in [9.17, 15) is 14.9 Å². The SMILES string of the molecule is CCc1nc2ccc(Br)cc2c(=O)n1N=Cc1cccn1-c1cccc([N+](=O)[O-])c1. The minimum absolute atomic E-state index is 0.00196. The summed E-state index contributed by atoms with van der Waals surface area (Å²) >= 11 is 3.38. The van der Waals surface area contributed by atoms with Gasteiger partial charge in [-0.3, -0.25) is 14.9 Å². The van der Waals surface area contributed by atoms with Crippen molar-refractivity contribution in [2.75, 3.05) is 0 Å². The van der Waals surface area contributed by atoms with Crippen molar-refractivity contribution in [3.8, 4) is 5.69 Å². The molecule has 0 unspecified atom stereocenters. The van der Waals surface area contributed by atoms with Gasteiger partial charge in [0.05, 0.1) is 33.4 Å². The van der Waals surface area contributed by atoms with Crippen LogP contribution in [0.15, 0.2) is 75.2 Å². The van der Waals surface area contributed by atoms with Crippen molar-refractivity contribution < 1.29 is 4.92 Å². The molecule has 0 saturated carbocycles. The van der Waals surface area contributed by atoms with Gasteiger partial charge in [-0.2, -0.15) is 9.78 Å². The van der Waals surface area contributed by atoms with Gasteiger partial charge in [-0.1, -0.05) is 28.9 Å². The maximum Gasteiger partial charge on any atom is 0.282 e. The summed E-state index contributed by atoms with van der Waals surface area (Å²) in [7, 11) is 0.